The SMILES string of the molecule is CCCSCCC(=O)N(C)CC(C)(C)C. The molecule has 0 spiro atoms. The number of carbonyl (C=O) groups is 1. The maximum Gasteiger partial charge on any atom is 0.223 e. The third-order valence-corrected chi connectivity index (χ3v) is 3.14. The third kappa shape index (κ3) is 8.79. The van der Waals surface area contributed by atoms with Gasteiger partial charge in [-0.3, -0.25) is 4.79 Å². The first kappa shape index (κ1) is 14.8. The second kappa shape index (κ2) is 7.15. The molecule has 0 heterocycles. The van der Waals surface area contributed by atoms with Gasteiger partial charge in [-0.1, -0.05) is 27.7 Å². The fraction of sp³-hybridized carbons (Fsp3) is 0.917. The van der Waals surface area contributed by atoms with Crippen molar-refractivity contribution in [1.29, 1.82) is 0 Å². The van der Waals surface area contributed by atoms with E-state index in [1.54, 1.807) is 0 Å². The van der Waals surface area contributed by atoms with E-state index in [1.165, 1.54) is 6.42 Å². The third-order valence-electron chi connectivity index (χ3n) is 1.95. The Balaban J connectivity index is 3.70. The molecule has 0 aliphatic carbocycles. The molecule has 2 nitrogen and oxygen atoms in total. The molecular formula is C12H25NOS. The summed E-state index contributed by atoms with van der Waals surface area (Å²) in [6, 6.07) is 0. The van der Waals surface area contributed by atoms with Crippen molar-refractivity contribution in [1.82, 2.24) is 4.90 Å². The Bertz CT molecular complexity index is 187. The Morgan fingerprint density at radius 1 is 1.27 bits per heavy atom. The molecule has 0 unspecified atom stereocenters. The van der Waals surface area contributed by atoms with Crippen LogP contribution in [0.5, 0.6) is 0 Å². The van der Waals surface area contributed by atoms with E-state index in [2.05, 4.69) is 27.7 Å². The van der Waals surface area contributed by atoms with E-state index >= 15 is 0 Å². The summed E-state index contributed by atoms with van der Waals surface area (Å²) in [4.78, 5) is 13.6. The van der Waals surface area contributed by atoms with Crippen LogP contribution in [0.2, 0.25) is 0 Å². The molecule has 0 saturated carbocycles. The second-order valence-corrected chi connectivity index (χ2v) is 6.40. The van der Waals surface area contributed by atoms with Gasteiger partial charge in [-0.2, -0.15) is 11.8 Å². The Labute approximate surface area is 98.8 Å². The molecule has 0 aliphatic rings. The van der Waals surface area contributed by atoms with Gasteiger partial charge in [0, 0.05) is 25.8 Å². The average molecular weight is 231 g/mol. The highest BCUT2D eigenvalue weighted by atomic mass is 32.2. The fourth-order valence-corrected chi connectivity index (χ4v) is 2.21. The van der Waals surface area contributed by atoms with Crippen molar-refractivity contribution in [3.05, 3.63) is 0 Å². The highest BCUT2D eigenvalue weighted by molar-refractivity contribution is 7.99. The summed E-state index contributed by atoms with van der Waals surface area (Å²) in [5.41, 5.74) is 0.195. The molecule has 0 aromatic carbocycles. The van der Waals surface area contributed by atoms with Crippen molar-refractivity contribution in [3.63, 3.8) is 0 Å². The first-order valence-electron chi connectivity index (χ1n) is 5.68. The van der Waals surface area contributed by atoms with Gasteiger partial charge in [-0.25, -0.2) is 0 Å². The summed E-state index contributed by atoms with van der Waals surface area (Å²) in [6.45, 7) is 9.47. The predicted octanol–water partition coefficient (Wildman–Crippen LogP) is 3.02. The van der Waals surface area contributed by atoms with Crippen molar-refractivity contribution in [3.8, 4) is 0 Å². The molecule has 0 fully saturated rings. The lowest BCUT2D eigenvalue weighted by molar-refractivity contribution is -0.130. The Morgan fingerprint density at radius 3 is 2.33 bits per heavy atom. The molecule has 0 N–H and O–H groups in total. The van der Waals surface area contributed by atoms with Crippen molar-refractivity contribution in [2.75, 3.05) is 25.1 Å². The summed E-state index contributed by atoms with van der Waals surface area (Å²) in [7, 11) is 1.90. The zero-order chi connectivity index (χ0) is 11.9. The van der Waals surface area contributed by atoms with Crippen molar-refractivity contribution in [2.24, 2.45) is 5.41 Å². The standard InChI is InChI=1S/C12H25NOS/c1-6-8-15-9-7-11(14)13(5)10-12(2,3)4/h6-10H2,1-5H3. The van der Waals surface area contributed by atoms with Gasteiger partial charge in [0.2, 0.25) is 5.91 Å². The highest BCUT2D eigenvalue weighted by Crippen LogP contribution is 2.15. The number of carbonyl (C=O) groups excluding carboxylic acids is 1. The molecule has 90 valence electrons. The number of rotatable bonds is 6. The molecular weight excluding hydrogens is 206 g/mol. The van der Waals surface area contributed by atoms with Gasteiger partial charge in [0.05, 0.1) is 0 Å². The van der Waals surface area contributed by atoms with Crippen LogP contribution in [0.4, 0.5) is 0 Å². The van der Waals surface area contributed by atoms with Gasteiger partial charge in [0.15, 0.2) is 0 Å². The first-order chi connectivity index (χ1) is 6.87. The fourth-order valence-electron chi connectivity index (χ4n) is 1.40. The maximum atomic E-state index is 11.7. The van der Waals surface area contributed by atoms with Crippen molar-refractivity contribution < 1.29 is 4.79 Å². The van der Waals surface area contributed by atoms with E-state index in [0.29, 0.717) is 6.42 Å². The quantitative estimate of drug-likeness (QED) is 0.655. The Hall–Kier alpha value is -0.180. The monoisotopic (exact) mass is 231 g/mol. The van der Waals surface area contributed by atoms with Gasteiger partial charge in [-0.05, 0) is 17.6 Å². The minimum atomic E-state index is 0.195. The van der Waals surface area contributed by atoms with Crippen LogP contribution in [0.25, 0.3) is 0 Å². The Kier molecular flexibility index (Phi) is 7.07. The zero-order valence-corrected chi connectivity index (χ0v) is 11.6. The van der Waals surface area contributed by atoms with Crippen LogP contribution in [-0.2, 0) is 4.79 Å². The van der Waals surface area contributed by atoms with Crippen LogP contribution in [0.15, 0.2) is 0 Å². The minimum Gasteiger partial charge on any atom is -0.345 e. The van der Waals surface area contributed by atoms with Gasteiger partial charge >= 0.3 is 0 Å². The lowest BCUT2D eigenvalue weighted by Gasteiger charge is -2.26. The van der Waals surface area contributed by atoms with Crippen LogP contribution in [0.1, 0.15) is 40.5 Å². The summed E-state index contributed by atoms with van der Waals surface area (Å²) >= 11 is 1.87. The average Bonchev–Trinajstić information content (AvgIpc) is 2.09. The number of hydrogen-bond donors (Lipinski definition) is 0. The molecule has 0 aliphatic heterocycles. The Morgan fingerprint density at radius 2 is 1.87 bits per heavy atom. The zero-order valence-electron chi connectivity index (χ0n) is 10.8. The second-order valence-electron chi connectivity index (χ2n) is 5.17. The van der Waals surface area contributed by atoms with Crippen molar-refractivity contribution in [2.45, 2.75) is 40.5 Å². The largest absolute Gasteiger partial charge is 0.345 e. The van der Waals surface area contributed by atoms with E-state index in [-0.39, 0.29) is 11.3 Å². The van der Waals surface area contributed by atoms with Crippen LogP contribution >= 0.6 is 11.8 Å². The van der Waals surface area contributed by atoms with Gasteiger partial charge < -0.3 is 4.90 Å². The van der Waals surface area contributed by atoms with Crippen LogP contribution in [0.3, 0.4) is 0 Å². The highest BCUT2D eigenvalue weighted by Gasteiger charge is 2.16. The number of amides is 1. The van der Waals surface area contributed by atoms with Gasteiger partial charge in [0.25, 0.3) is 0 Å². The molecule has 0 rings (SSSR count). The topological polar surface area (TPSA) is 20.3 Å². The first-order valence-corrected chi connectivity index (χ1v) is 6.84. The molecule has 0 aromatic rings. The lowest BCUT2D eigenvalue weighted by atomic mass is 9.96. The predicted molar refractivity (Wildman–Crippen MR) is 69.3 cm³/mol. The van der Waals surface area contributed by atoms with E-state index in [0.717, 1.165) is 18.1 Å². The summed E-state index contributed by atoms with van der Waals surface area (Å²) in [5.74, 6) is 2.39. The summed E-state index contributed by atoms with van der Waals surface area (Å²) < 4.78 is 0. The van der Waals surface area contributed by atoms with Crippen LogP contribution < -0.4 is 0 Å². The van der Waals surface area contributed by atoms with Crippen LogP contribution in [0, 0.1) is 5.41 Å². The number of hydrogen-bond acceptors (Lipinski definition) is 2. The summed E-state index contributed by atoms with van der Waals surface area (Å²) in [6.07, 6.45) is 1.87. The van der Waals surface area contributed by atoms with E-state index in [1.807, 2.05) is 23.7 Å². The number of thioether (sulfide) groups is 1. The minimum absolute atomic E-state index is 0.195. The van der Waals surface area contributed by atoms with Crippen molar-refractivity contribution >= 4 is 17.7 Å². The molecule has 0 bridgehead atoms. The van der Waals surface area contributed by atoms with Crippen LogP contribution in [-0.4, -0.2) is 35.9 Å². The number of nitrogens with zero attached hydrogens (tertiary/aromatic N) is 1. The molecule has 0 aromatic heterocycles. The molecule has 3 heteroatoms. The van der Waals surface area contributed by atoms with E-state index in [9.17, 15) is 4.79 Å². The van der Waals surface area contributed by atoms with Gasteiger partial charge in [0.1, 0.15) is 0 Å². The normalized spacial score (nSPS) is 11.5. The summed E-state index contributed by atoms with van der Waals surface area (Å²) in [5, 5.41) is 0. The molecule has 0 radical (unpaired) electrons. The smallest absolute Gasteiger partial charge is 0.223 e. The lowest BCUT2D eigenvalue weighted by Crippen LogP contribution is -2.34. The molecule has 0 saturated heterocycles. The molecule has 1 amide bonds. The molecule has 15 heavy (non-hydrogen) atoms. The molecule has 0 atom stereocenters. The van der Waals surface area contributed by atoms with Gasteiger partial charge in [-0.15, -0.1) is 0 Å². The van der Waals surface area contributed by atoms with E-state index in [4.69, 9.17) is 0 Å². The van der Waals surface area contributed by atoms with E-state index < -0.39 is 0 Å². The maximum absolute atomic E-state index is 11.7.